The first-order valence-corrected chi connectivity index (χ1v) is 12.4. The molecule has 1 heterocycles. The van der Waals surface area contributed by atoms with E-state index in [4.69, 9.17) is 4.74 Å². The number of hydrogen-bond donors (Lipinski definition) is 0. The summed E-state index contributed by atoms with van der Waals surface area (Å²) in [5, 5.41) is -0.0280. The van der Waals surface area contributed by atoms with Crippen LogP contribution in [0, 0.1) is 27.7 Å². The standard InChI is InChI=1S/C23H29NO4S2/c1-6-28-23(25)21-13-19(29-22-17(4)11-16(3)12-18(22)5)14-24(21)30(26,27)20-9-7-15(2)8-10-20/h7-12,19,21H,6,13-14H2,1-5H3/t19-,21-/m1/s1. The fourth-order valence-electron chi connectivity index (χ4n) is 3.94. The minimum atomic E-state index is -3.80. The molecular formula is C23H29NO4S2. The molecule has 0 radical (unpaired) electrons. The molecule has 1 saturated heterocycles. The molecule has 30 heavy (non-hydrogen) atoms. The largest absolute Gasteiger partial charge is 0.465 e. The van der Waals surface area contributed by atoms with Crippen molar-refractivity contribution in [3.8, 4) is 0 Å². The SMILES string of the molecule is CCOC(=O)[C@H]1C[C@@H](Sc2c(C)cc(C)cc2C)CN1S(=O)(=O)c1ccc(C)cc1. The molecule has 1 aliphatic rings. The molecule has 162 valence electrons. The predicted molar refractivity (Wildman–Crippen MR) is 120 cm³/mol. The van der Waals surface area contributed by atoms with Gasteiger partial charge in [-0.3, -0.25) is 4.79 Å². The van der Waals surface area contributed by atoms with Crippen LogP contribution in [0.25, 0.3) is 0 Å². The maximum atomic E-state index is 13.4. The normalized spacial score (nSPS) is 19.8. The first-order valence-electron chi connectivity index (χ1n) is 10.1. The van der Waals surface area contributed by atoms with Gasteiger partial charge in [-0.05, 0) is 64.3 Å². The quantitative estimate of drug-likeness (QED) is 0.614. The first kappa shape index (κ1) is 22.8. The summed E-state index contributed by atoms with van der Waals surface area (Å²) in [6.07, 6.45) is 0.432. The Hall–Kier alpha value is -1.83. The van der Waals surface area contributed by atoms with Gasteiger partial charge in [-0.15, -0.1) is 11.8 Å². The Bertz CT molecular complexity index is 1010. The molecule has 1 fully saturated rings. The van der Waals surface area contributed by atoms with Gasteiger partial charge in [-0.1, -0.05) is 35.4 Å². The average molecular weight is 448 g/mol. The number of carbonyl (C=O) groups is 1. The van der Waals surface area contributed by atoms with Gasteiger partial charge in [0, 0.05) is 16.7 Å². The third-order valence-corrected chi connectivity index (χ3v) is 8.74. The van der Waals surface area contributed by atoms with E-state index in [0.717, 1.165) is 10.5 Å². The lowest BCUT2D eigenvalue weighted by atomic mass is 10.1. The van der Waals surface area contributed by atoms with Gasteiger partial charge in [0.2, 0.25) is 10.0 Å². The van der Waals surface area contributed by atoms with Crippen molar-refractivity contribution >= 4 is 27.8 Å². The molecule has 0 bridgehead atoms. The van der Waals surface area contributed by atoms with Gasteiger partial charge in [-0.2, -0.15) is 4.31 Å². The Labute approximate surface area is 183 Å². The molecular weight excluding hydrogens is 418 g/mol. The number of sulfonamides is 1. The van der Waals surface area contributed by atoms with E-state index in [1.165, 1.54) is 21.0 Å². The van der Waals surface area contributed by atoms with Crippen molar-refractivity contribution in [3.05, 3.63) is 58.7 Å². The Kier molecular flexibility index (Phi) is 6.95. The van der Waals surface area contributed by atoms with Crippen LogP contribution in [-0.4, -0.2) is 43.1 Å². The predicted octanol–water partition coefficient (Wildman–Crippen LogP) is 4.41. The van der Waals surface area contributed by atoms with Crippen LogP contribution in [0.3, 0.4) is 0 Å². The fourth-order valence-corrected chi connectivity index (χ4v) is 7.00. The van der Waals surface area contributed by atoms with Gasteiger partial charge in [0.05, 0.1) is 11.5 Å². The number of benzene rings is 2. The minimum Gasteiger partial charge on any atom is -0.465 e. The van der Waals surface area contributed by atoms with Gasteiger partial charge in [0.1, 0.15) is 6.04 Å². The van der Waals surface area contributed by atoms with Crippen LogP contribution in [0.15, 0.2) is 46.2 Å². The molecule has 5 nitrogen and oxygen atoms in total. The summed E-state index contributed by atoms with van der Waals surface area (Å²) in [6, 6.07) is 10.2. The molecule has 1 aliphatic heterocycles. The van der Waals surface area contributed by atoms with Crippen molar-refractivity contribution in [2.45, 2.75) is 62.1 Å². The van der Waals surface area contributed by atoms with Crippen molar-refractivity contribution in [2.75, 3.05) is 13.2 Å². The molecule has 2 atom stereocenters. The number of aryl methyl sites for hydroxylation is 4. The van der Waals surface area contributed by atoms with E-state index in [1.54, 1.807) is 43.0 Å². The number of ether oxygens (including phenoxy) is 1. The zero-order valence-corrected chi connectivity index (χ0v) is 19.8. The van der Waals surface area contributed by atoms with Crippen LogP contribution in [0.4, 0.5) is 0 Å². The van der Waals surface area contributed by atoms with Gasteiger partial charge in [0.25, 0.3) is 0 Å². The van der Waals surface area contributed by atoms with Crippen LogP contribution in [-0.2, 0) is 19.6 Å². The van der Waals surface area contributed by atoms with E-state index in [2.05, 4.69) is 32.9 Å². The second-order valence-corrected chi connectivity index (χ2v) is 11.1. The molecule has 3 rings (SSSR count). The van der Waals surface area contributed by atoms with Crippen LogP contribution < -0.4 is 0 Å². The molecule has 0 aliphatic carbocycles. The summed E-state index contributed by atoms with van der Waals surface area (Å²) in [4.78, 5) is 14.0. The van der Waals surface area contributed by atoms with Crippen molar-refractivity contribution < 1.29 is 17.9 Å². The van der Waals surface area contributed by atoms with Crippen molar-refractivity contribution in [1.82, 2.24) is 4.31 Å². The molecule has 0 saturated carbocycles. The maximum Gasteiger partial charge on any atom is 0.324 e. The monoisotopic (exact) mass is 447 g/mol. The topological polar surface area (TPSA) is 63.7 Å². The second kappa shape index (κ2) is 9.12. The molecule has 0 unspecified atom stereocenters. The Morgan fingerprint density at radius 1 is 1.07 bits per heavy atom. The van der Waals surface area contributed by atoms with E-state index >= 15 is 0 Å². The van der Waals surface area contributed by atoms with E-state index in [9.17, 15) is 13.2 Å². The van der Waals surface area contributed by atoms with E-state index in [-0.39, 0.29) is 23.3 Å². The van der Waals surface area contributed by atoms with Crippen LogP contribution in [0.1, 0.15) is 35.6 Å². The maximum absolute atomic E-state index is 13.4. The van der Waals surface area contributed by atoms with E-state index in [1.807, 2.05) is 6.92 Å². The summed E-state index contributed by atoms with van der Waals surface area (Å²) in [5.41, 5.74) is 4.53. The summed E-state index contributed by atoms with van der Waals surface area (Å²) in [7, 11) is -3.80. The molecule has 7 heteroatoms. The zero-order chi connectivity index (χ0) is 22.1. The third-order valence-electron chi connectivity index (χ3n) is 5.29. The van der Waals surface area contributed by atoms with Gasteiger partial charge >= 0.3 is 5.97 Å². The van der Waals surface area contributed by atoms with Crippen molar-refractivity contribution in [3.63, 3.8) is 0 Å². The minimum absolute atomic E-state index is 0.0280. The van der Waals surface area contributed by atoms with Gasteiger partial charge in [-0.25, -0.2) is 8.42 Å². The van der Waals surface area contributed by atoms with Crippen LogP contribution in [0.5, 0.6) is 0 Å². The lowest BCUT2D eigenvalue weighted by Crippen LogP contribution is -2.41. The highest BCUT2D eigenvalue weighted by molar-refractivity contribution is 8.00. The molecule has 2 aromatic carbocycles. The molecule has 0 aromatic heterocycles. The lowest BCUT2D eigenvalue weighted by molar-refractivity contribution is -0.146. The lowest BCUT2D eigenvalue weighted by Gasteiger charge is -2.22. The summed E-state index contributed by atoms with van der Waals surface area (Å²) in [6.45, 7) is 10.3. The first-order chi connectivity index (χ1) is 14.1. The number of nitrogens with zero attached hydrogens (tertiary/aromatic N) is 1. The number of carbonyl (C=O) groups excluding carboxylic acids is 1. The molecule has 0 spiro atoms. The van der Waals surface area contributed by atoms with Crippen LogP contribution in [0.2, 0.25) is 0 Å². The zero-order valence-electron chi connectivity index (χ0n) is 18.1. The van der Waals surface area contributed by atoms with Gasteiger partial charge < -0.3 is 4.74 Å². The summed E-state index contributed by atoms with van der Waals surface area (Å²) < 4.78 is 33.2. The molecule has 0 amide bonds. The highest BCUT2D eigenvalue weighted by Crippen LogP contribution is 2.39. The number of hydrogen-bond acceptors (Lipinski definition) is 5. The van der Waals surface area contributed by atoms with E-state index in [0.29, 0.717) is 6.42 Å². The Balaban J connectivity index is 1.92. The van der Waals surface area contributed by atoms with Gasteiger partial charge in [0.15, 0.2) is 0 Å². The number of rotatable bonds is 6. The molecule has 2 aromatic rings. The average Bonchev–Trinajstić information content (AvgIpc) is 3.10. The Morgan fingerprint density at radius 3 is 2.23 bits per heavy atom. The van der Waals surface area contributed by atoms with Crippen molar-refractivity contribution in [1.29, 1.82) is 0 Å². The number of thioether (sulfide) groups is 1. The summed E-state index contributed by atoms with van der Waals surface area (Å²) in [5.74, 6) is -0.478. The smallest absolute Gasteiger partial charge is 0.324 e. The highest BCUT2D eigenvalue weighted by Gasteiger charge is 2.45. The molecule has 0 N–H and O–H groups in total. The van der Waals surface area contributed by atoms with Crippen LogP contribution >= 0.6 is 11.8 Å². The number of esters is 1. The second-order valence-electron chi connectivity index (χ2n) is 7.86. The van der Waals surface area contributed by atoms with E-state index < -0.39 is 22.0 Å². The fraction of sp³-hybridized carbons (Fsp3) is 0.435. The summed E-state index contributed by atoms with van der Waals surface area (Å²) >= 11 is 1.66. The highest BCUT2D eigenvalue weighted by atomic mass is 32.2. The Morgan fingerprint density at radius 2 is 1.67 bits per heavy atom. The third kappa shape index (κ3) is 4.74. The van der Waals surface area contributed by atoms with Crippen molar-refractivity contribution in [2.24, 2.45) is 0 Å².